The van der Waals surface area contributed by atoms with Gasteiger partial charge in [0.05, 0.1) is 30.3 Å². The minimum absolute atomic E-state index is 0.647. The maximum absolute atomic E-state index is 4.30. The highest BCUT2D eigenvalue weighted by atomic mass is 15.4. The van der Waals surface area contributed by atoms with Gasteiger partial charge in [0.1, 0.15) is 12.7 Å². The fourth-order valence-corrected chi connectivity index (χ4v) is 1.62. The summed E-state index contributed by atoms with van der Waals surface area (Å²) in [5.41, 5.74) is 1.92. The minimum Gasteiger partial charge on any atom is -0.378 e. The molecule has 0 aromatic carbocycles. The number of pyridine rings is 1. The van der Waals surface area contributed by atoms with Crippen molar-refractivity contribution >= 4 is 5.69 Å². The second-order valence-corrected chi connectivity index (χ2v) is 3.95. The summed E-state index contributed by atoms with van der Waals surface area (Å²) in [6.07, 6.45) is 6.56. The molecule has 3 aromatic heterocycles. The first-order chi connectivity index (χ1) is 9.33. The molecule has 8 heteroatoms. The van der Waals surface area contributed by atoms with Crippen molar-refractivity contribution in [3.8, 4) is 5.82 Å². The Labute approximate surface area is 109 Å². The molecule has 19 heavy (non-hydrogen) atoms. The zero-order chi connectivity index (χ0) is 13.1. The number of aromatic nitrogens is 7. The first-order valence-electron chi connectivity index (χ1n) is 5.71. The summed E-state index contributed by atoms with van der Waals surface area (Å²) >= 11 is 0. The van der Waals surface area contributed by atoms with E-state index in [0.717, 1.165) is 17.2 Å². The third-order valence-electron chi connectivity index (χ3n) is 2.68. The zero-order valence-corrected chi connectivity index (χ0v) is 10.3. The molecule has 3 rings (SSSR count). The fourth-order valence-electron chi connectivity index (χ4n) is 1.62. The topological polar surface area (TPSA) is 86.3 Å². The van der Waals surface area contributed by atoms with E-state index in [1.54, 1.807) is 28.1 Å². The molecule has 3 aromatic rings. The monoisotopic (exact) mass is 256 g/mol. The summed E-state index contributed by atoms with van der Waals surface area (Å²) in [5, 5.41) is 15.0. The Morgan fingerprint density at radius 1 is 1.26 bits per heavy atom. The molecule has 0 atom stereocenters. The Kier molecular flexibility index (Phi) is 2.89. The van der Waals surface area contributed by atoms with Crippen LogP contribution in [-0.4, -0.2) is 34.7 Å². The van der Waals surface area contributed by atoms with Crippen molar-refractivity contribution in [2.24, 2.45) is 7.05 Å². The van der Waals surface area contributed by atoms with Crippen molar-refractivity contribution < 1.29 is 0 Å². The quantitative estimate of drug-likeness (QED) is 0.727. The molecule has 0 saturated carbocycles. The molecule has 0 amide bonds. The molecular formula is C11H12N8. The number of nitrogens with zero attached hydrogens (tertiary/aromatic N) is 7. The van der Waals surface area contributed by atoms with Gasteiger partial charge in [0.25, 0.3) is 0 Å². The van der Waals surface area contributed by atoms with Crippen LogP contribution in [0.1, 0.15) is 5.69 Å². The van der Waals surface area contributed by atoms with Crippen LogP contribution in [-0.2, 0) is 13.6 Å². The van der Waals surface area contributed by atoms with Crippen molar-refractivity contribution in [2.45, 2.75) is 6.54 Å². The van der Waals surface area contributed by atoms with Crippen LogP contribution < -0.4 is 5.32 Å². The van der Waals surface area contributed by atoms with Gasteiger partial charge in [-0.05, 0) is 12.1 Å². The maximum atomic E-state index is 4.30. The minimum atomic E-state index is 0.647. The lowest BCUT2D eigenvalue weighted by Crippen LogP contribution is -2.06. The zero-order valence-electron chi connectivity index (χ0n) is 10.3. The molecule has 0 radical (unpaired) electrons. The van der Waals surface area contributed by atoms with Crippen LogP contribution in [0.4, 0.5) is 5.69 Å². The first-order valence-corrected chi connectivity index (χ1v) is 5.71. The third kappa shape index (κ3) is 2.41. The Hall–Kier alpha value is -2.77. The fraction of sp³-hybridized carbons (Fsp3) is 0.182. The van der Waals surface area contributed by atoms with Crippen molar-refractivity contribution in [3.63, 3.8) is 0 Å². The van der Waals surface area contributed by atoms with Crippen molar-refractivity contribution in [1.29, 1.82) is 0 Å². The van der Waals surface area contributed by atoms with Crippen molar-refractivity contribution in [1.82, 2.24) is 34.7 Å². The highest BCUT2D eigenvalue weighted by Crippen LogP contribution is 2.09. The number of rotatable bonds is 4. The standard InChI is InChI=1S/C11H12N8/c1-18-10(6-15-17-18)5-13-9-2-3-11(14-4-9)19-8-12-7-16-19/h2-4,6-8,13H,5H2,1H3. The van der Waals surface area contributed by atoms with E-state index in [2.05, 4.69) is 30.7 Å². The smallest absolute Gasteiger partial charge is 0.155 e. The summed E-state index contributed by atoms with van der Waals surface area (Å²) in [4.78, 5) is 8.18. The van der Waals surface area contributed by atoms with Gasteiger partial charge >= 0.3 is 0 Å². The summed E-state index contributed by atoms with van der Waals surface area (Å²) in [6.45, 7) is 0.647. The molecule has 0 saturated heterocycles. The predicted octanol–water partition coefficient (Wildman–Crippen LogP) is 0.403. The van der Waals surface area contributed by atoms with E-state index in [4.69, 9.17) is 0 Å². The summed E-state index contributed by atoms with van der Waals surface area (Å²) in [7, 11) is 1.86. The van der Waals surface area contributed by atoms with Crippen LogP contribution >= 0.6 is 0 Å². The molecule has 0 aliphatic heterocycles. The van der Waals surface area contributed by atoms with Gasteiger partial charge in [-0.25, -0.2) is 14.6 Å². The number of hydrogen-bond donors (Lipinski definition) is 1. The van der Waals surface area contributed by atoms with Gasteiger partial charge in [-0.1, -0.05) is 5.21 Å². The molecule has 96 valence electrons. The van der Waals surface area contributed by atoms with E-state index >= 15 is 0 Å². The highest BCUT2D eigenvalue weighted by Gasteiger charge is 2.01. The lowest BCUT2D eigenvalue weighted by atomic mass is 10.3. The second kappa shape index (κ2) is 4.84. The Bertz CT molecular complexity index is 640. The lowest BCUT2D eigenvalue weighted by Gasteiger charge is -2.06. The van der Waals surface area contributed by atoms with Gasteiger partial charge in [0.15, 0.2) is 5.82 Å². The molecular weight excluding hydrogens is 244 g/mol. The predicted molar refractivity (Wildman–Crippen MR) is 67.5 cm³/mol. The maximum Gasteiger partial charge on any atom is 0.155 e. The molecule has 0 aliphatic rings. The van der Waals surface area contributed by atoms with Crippen LogP contribution in [0.15, 0.2) is 37.2 Å². The second-order valence-electron chi connectivity index (χ2n) is 3.95. The number of anilines is 1. The average Bonchev–Trinajstić information content (AvgIpc) is 3.09. The molecule has 0 spiro atoms. The Balaban J connectivity index is 1.68. The molecule has 8 nitrogen and oxygen atoms in total. The van der Waals surface area contributed by atoms with E-state index in [1.165, 1.54) is 6.33 Å². The lowest BCUT2D eigenvalue weighted by molar-refractivity contribution is 0.683. The molecule has 0 aliphatic carbocycles. The average molecular weight is 256 g/mol. The molecule has 0 fully saturated rings. The Morgan fingerprint density at radius 3 is 2.84 bits per heavy atom. The van der Waals surface area contributed by atoms with Crippen LogP contribution in [0.25, 0.3) is 5.82 Å². The molecule has 0 unspecified atom stereocenters. The molecule has 0 bridgehead atoms. The van der Waals surface area contributed by atoms with Crippen LogP contribution in [0.3, 0.4) is 0 Å². The summed E-state index contributed by atoms with van der Waals surface area (Å²) in [5.74, 6) is 0.727. The number of aryl methyl sites for hydroxylation is 1. The van der Waals surface area contributed by atoms with Crippen molar-refractivity contribution in [3.05, 3.63) is 42.9 Å². The Morgan fingerprint density at radius 2 is 2.21 bits per heavy atom. The molecule has 1 N–H and O–H groups in total. The van der Waals surface area contributed by atoms with Gasteiger partial charge in [-0.2, -0.15) is 5.10 Å². The van der Waals surface area contributed by atoms with Crippen LogP contribution in [0, 0.1) is 0 Å². The van der Waals surface area contributed by atoms with Crippen molar-refractivity contribution in [2.75, 3.05) is 5.32 Å². The number of hydrogen-bond acceptors (Lipinski definition) is 6. The van der Waals surface area contributed by atoms with E-state index in [1.807, 2.05) is 19.2 Å². The first kappa shape index (κ1) is 11.3. The van der Waals surface area contributed by atoms with Crippen LogP contribution in [0.5, 0.6) is 0 Å². The summed E-state index contributed by atoms with van der Waals surface area (Å²) in [6, 6.07) is 3.81. The van der Waals surface area contributed by atoms with E-state index in [-0.39, 0.29) is 0 Å². The van der Waals surface area contributed by atoms with Gasteiger partial charge in [-0.3, -0.25) is 4.68 Å². The summed E-state index contributed by atoms with van der Waals surface area (Å²) < 4.78 is 3.33. The SMILES string of the molecule is Cn1nncc1CNc1ccc(-n2cncn2)nc1. The highest BCUT2D eigenvalue weighted by molar-refractivity contribution is 5.43. The number of nitrogens with one attached hydrogen (secondary N) is 1. The van der Waals surface area contributed by atoms with Gasteiger partial charge in [0.2, 0.25) is 0 Å². The normalized spacial score (nSPS) is 10.6. The third-order valence-corrected chi connectivity index (χ3v) is 2.68. The van der Waals surface area contributed by atoms with E-state index in [0.29, 0.717) is 6.54 Å². The largest absolute Gasteiger partial charge is 0.378 e. The van der Waals surface area contributed by atoms with E-state index in [9.17, 15) is 0 Å². The molecule has 3 heterocycles. The van der Waals surface area contributed by atoms with Gasteiger partial charge in [0, 0.05) is 7.05 Å². The van der Waals surface area contributed by atoms with E-state index < -0.39 is 0 Å². The van der Waals surface area contributed by atoms with Gasteiger partial charge < -0.3 is 5.32 Å². The van der Waals surface area contributed by atoms with Gasteiger partial charge in [-0.15, -0.1) is 5.10 Å². The van der Waals surface area contributed by atoms with Crippen LogP contribution in [0.2, 0.25) is 0 Å².